The summed E-state index contributed by atoms with van der Waals surface area (Å²) in [5, 5.41) is 3.15. The fourth-order valence-electron chi connectivity index (χ4n) is 5.41. The van der Waals surface area contributed by atoms with Crippen LogP contribution >= 0.6 is 0 Å². The summed E-state index contributed by atoms with van der Waals surface area (Å²) < 4.78 is 42.7. The standard InChI is InChI=1S/C33H40FN3O4S/c1-4-31(33(39)35-28-12-6-5-7-13-28)36(22-26-11-9-8-10-25(26)3)32(38)23-37(29-18-16-27(34)17-19-29)42(40,41)30-20-14-24(2)15-21-30/h8-11,14-21,28,31H,4-7,12-13,22-23H2,1-3H3,(H,35,39)/t31-/m0/s1. The molecule has 0 heterocycles. The average molecular weight is 594 g/mol. The number of hydrogen-bond donors (Lipinski definition) is 1. The number of rotatable bonds is 11. The summed E-state index contributed by atoms with van der Waals surface area (Å²) >= 11 is 0. The summed E-state index contributed by atoms with van der Waals surface area (Å²) in [5.41, 5.74) is 2.86. The Morgan fingerprint density at radius 2 is 1.57 bits per heavy atom. The third-order valence-electron chi connectivity index (χ3n) is 7.94. The largest absolute Gasteiger partial charge is 0.352 e. The van der Waals surface area contributed by atoms with Crippen molar-refractivity contribution in [3.63, 3.8) is 0 Å². The van der Waals surface area contributed by atoms with Crippen molar-refractivity contribution in [2.45, 2.75) is 82.8 Å². The number of sulfonamides is 1. The zero-order valence-electron chi connectivity index (χ0n) is 24.6. The van der Waals surface area contributed by atoms with E-state index in [1.165, 1.54) is 29.2 Å². The van der Waals surface area contributed by atoms with E-state index in [1.54, 1.807) is 12.1 Å². The predicted octanol–water partition coefficient (Wildman–Crippen LogP) is 5.89. The summed E-state index contributed by atoms with van der Waals surface area (Å²) in [6, 6.07) is 18.2. The lowest BCUT2D eigenvalue weighted by Crippen LogP contribution is -2.54. The molecule has 9 heteroatoms. The minimum atomic E-state index is -4.21. The van der Waals surface area contributed by atoms with Crippen LogP contribution in [-0.2, 0) is 26.2 Å². The van der Waals surface area contributed by atoms with Gasteiger partial charge in [0, 0.05) is 12.6 Å². The molecule has 3 aromatic rings. The lowest BCUT2D eigenvalue weighted by atomic mass is 9.95. The summed E-state index contributed by atoms with van der Waals surface area (Å²) in [5.74, 6) is -1.28. The summed E-state index contributed by atoms with van der Waals surface area (Å²) in [7, 11) is -4.21. The number of aryl methyl sites for hydroxylation is 2. The molecule has 1 aliphatic carbocycles. The Labute approximate surface area is 248 Å². The minimum Gasteiger partial charge on any atom is -0.352 e. The van der Waals surface area contributed by atoms with Crippen LogP contribution in [0.2, 0.25) is 0 Å². The number of carbonyl (C=O) groups is 2. The number of nitrogens with zero attached hydrogens (tertiary/aromatic N) is 2. The Balaban J connectivity index is 1.71. The van der Waals surface area contributed by atoms with Gasteiger partial charge in [0.05, 0.1) is 10.6 Å². The van der Waals surface area contributed by atoms with E-state index < -0.39 is 34.3 Å². The van der Waals surface area contributed by atoms with Crippen molar-refractivity contribution in [3.05, 3.63) is 95.3 Å². The first-order valence-corrected chi connectivity index (χ1v) is 16.0. The summed E-state index contributed by atoms with van der Waals surface area (Å²) in [4.78, 5) is 29.3. The number of anilines is 1. The van der Waals surface area contributed by atoms with Gasteiger partial charge in [-0.1, -0.05) is 68.1 Å². The van der Waals surface area contributed by atoms with E-state index in [9.17, 15) is 22.4 Å². The maximum absolute atomic E-state index is 14.2. The fraction of sp³-hybridized carbons (Fsp3) is 0.394. The normalized spacial score (nSPS) is 14.7. The summed E-state index contributed by atoms with van der Waals surface area (Å²) in [6.45, 7) is 5.23. The first-order chi connectivity index (χ1) is 20.1. The van der Waals surface area contributed by atoms with Crippen LogP contribution in [0.1, 0.15) is 62.1 Å². The van der Waals surface area contributed by atoms with E-state index in [0.29, 0.717) is 6.42 Å². The first-order valence-electron chi connectivity index (χ1n) is 14.6. The predicted molar refractivity (Wildman–Crippen MR) is 163 cm³/mol. The molecule has 0 bridgehead atoms. The first kappa shape index (κ1) is 31.2. The second kappa shape index (κ2) is 14.0. The van der Waals surface area contributed by atoms with Gasteiger partial charge in [0.25, 0.3) is 10.0 Å². The minimum absolute atomic E-state index is 0.0118. The van der Waals surface area contributed by atoms with E-state index in [-0.39, 0.29) is 29.1 Å². The van der Waals surface area contributed by atoms with Crippen LogP contribution in [0.3, 0.4) is 0 Å². The zero-order chi connectivity index (χ0) is 30.3. The van der Waals surface area contributed by atoms with Crippen LogP contribution in [0, 0.1) is 19.7 Å². The van der Waals surface area contributed by atoms with Crippen molar-refractivity contribution < 1.29 is 22.4 Å². The molecule has 0 radical (unpaired) electrons. The molecule has 3 aromatic carbocycles. The molecule has 4 rings (SSSR count). The lowest BCUT2D eigenvalue weighted by molar-refractivity contribution is -0.140. The lowest BCUT2D eigenvalue weighted by Gasteiger charge is -2.34. The van der Waals surface area contributed by atoms with Gasteiger partial charge >= 0.3 is 0 Å². The maximum Gasteiger partial charge on any atom is 0.264 e. The number of amides is 2. The van der Waals surface area contributed by atoms with Gasteiger partial charge in [-0.2, -0.15) is 0 Å². The highest BCUT2D eigenvalue weighted by atomic mass is 32.2. The molecule has 1 atom stereocenters. The van der Waals surface area contributed by atoms with Crippen molar-refractivity contribution in [1.29, 1.82) is 0 Å². The molecule has 1 saturated carbocycles. The molecule has 0 aliphatic heterocycles. The van der Waals surface area contributed by atoms with Crippen molar-refractivity contribution in [3.8, 4) is 0 Å². The molecule has 1 N–H and O–H groups in total. The van der Waals surface area contributed by atoms with Gasteiger partial charge in [-0.15, -0.1) is 0 Å². The molecule has 1 fully saturated rings. The molecule has 0 spiro atoms. The molecule has 7 nitrogen and oxygen atoms in total. The molecular weight excluding hydrogens is 553 g/mol. The SMILES string of the molecule is CC[C@@H](C(=O)NC1CCCCC1)N(Cc1ccccc1C)C(=O)CN(c1ccc(F)cc1)S(=O)(=O)c1ccc(C)cc1. The average Bonchev–Trinajstić information content (AvgIpc) is 2.98. The third kappa shape index (κ3) is 7.56. The second-order valence-corrected chi connectivity index (χ2v) is 12.9. The number of carbonyl (C=O) groups excluding carboxylic acids is 2. The topological polar surface area (TPSA) is 86.8 Å². The van der Waals surface area contributed by atoms with Crippen molar-refractivity contribution >= 4 is 27.5 Å². The Morgan fingerprint density at radius 1 is 0.929 bits per heavy atom. The van der Waals surface area contributed by atoms with Gasteiger partial charge < -0.3 is 10.2 Å². The highest BCUT2D eigenvalue weighted by Crippen LogP contribution is 2.26. The number of hydrogen-bond acceptors (Lipinski definition) is 4. The Hall–Kier alpha value is -3.72. The number of halogens is 1. The van der Waals surface area contributed by atoms with Gasteiger partial charge in [0.2, 0.25) is 11.8 Å². The molecule has 1 aliphatic rings. The van der Waals surface area contributed by atoms with Gasteiger partial charge in [-0.25, -0.2) is 12.8 Å². The molecule has 0 saturated heterocycles. The van der Waals surface area contributed by atoms with Crippen LogP contribution in [0.25, 0.3) is 0 Å². The quantitative estimate of drug-likeness (QED) is 0.300. The van der Waals surface area contributed by atoms with E-state index in [2.05, 4.69) is 5.32 Å². The fourth-order valence-corrected chi connectivity index (χ4v) is 6.82. The monoisotopic (exact) mass is 593 g/mol. The van der Waals surface area contributed by atoms with Gasteiger partial charge in [-0.3, -0.25) is 13.9 Å². The third-order valence-corrected chi connectivity index (χ3v) is 9.73. The van der Waals surface area contributed by atoms with Crippen molar-refractivity contribution in [2.24, 2.45) is 0 Å². The van der Waals surface area contributed by atoms with Gasteiger partial charge in [-0.05, 0) is 80.6 Å². The maximum atomic E-state index is 14.2. The zero-order valence-corrected chi connectivity index (χ0v) is 25.4. The molecular formula is C33H40FN3O4S. The van der Waals surface area contributed by atoms with Crippen LogP contribution in [0.5, 0.6) is 0 Å². The van der Waals surface area contributed by atoms with E-state index in [1.807, 2.05) is 45.0 Å². The molecule has 0 aromatic heterocycles. The van der Waals surface area contributed by atoms with Crippen LogP contribution < -0.4 is 9.62 Å². The number of nitrogens with one attached hydrogen (secondary N) is 1. The number of benzene rings is 3. The van der Waals surface area contributed by atoms with E-state index >= 15 is 0 Å². The molecule has 2 amide bonds. The highest BCUT2D eigenvalue weighted by molar-refractivity contribution is 7.92. The molecule has 224 valence electrons. The Bertz CT molecular complexity index is 1470. The van der Waals surface area contributed by atoms with Gasteiger partial charge in [0.15, 0.2) is 0 Å². The van der Waals surface area contributed by atoms with Crippen LogP contribution in [0.4, 0.5) is 10.1 Å². The molecule has 42 heavy (non-hydrogen) atoms. The van der Waals surface area contributed by atoms with Crippen molar-refractivity contribution in [1.82, 2.24) is 10.2 Å². The second-order valence-electron chi connectivity index (χ2n) is 11.0. The van der Waals surface area contributed by atoms with E-state index in [0.717, 1.165) is 65.2 Å². The Kier molecular flexibility index (Phi) is 10.4. The molecule has 0 unspecified atom stereocenters. The smallest absolute Gasteiger partial charge is 0.264 e. The van der Waals surface area contributed by atoms with Gasteiger partial charge in [0.1, 0.15) is 18.4 Å². The Morgan fingerprint density at radius 3 is 2.19 bits per heavy atom. The highest BCUT2D eigenvalue weighted by Gasteiger charge is 2.34. The van der Waals surface area contributed by atoms with E-state index in [4.69, 9.17) is 0 Å². The summed E-state index contributed by atoms with van der Waals surface area (Å²) in [6.07, 6.45) is 5.42. The van der Waals surface area contributed by atoms with Crippen LogP contribution in [0.15, 0.2) is 77.7 Å². The van der Waals surface area contributed by atoms with Crippen LogP contribution in [-0.4, -0.2) is 43.8 Å². The van der Waals surface area contributed by atoms with Crippen molar-refractivity contribution in [2.75, 3.05) is 10.8 Å².